The van der Waals surface area contributed by atoms with Crippen LogP contribution in [0.25, 0.3) is 11.6 Å². The van der Waals surface area contributed by atoms with Crippen LogP contribution in [0, 0.1) is 6.92 Å². The van der Waals surface area contributed by atoms with Crippen molar-refractivity contribution in [1.29, 1.82) is 1.43 Å². The summed E-state index contributed by atoms with van der Waals surface area (Å²) < 4.78 is 12.2. The first-order valence-corrected chi connectivity index (χ1v) is 8.09. The Morgan fingerprint density at radius 2 is 2.35 bits per heavy atom. The molecule has 3 nitrogen and oxygen atoms in total. The molecule has 0 fully saturated rings. The lowest BCUT2D eigenvalue weighted by atomic mass is 10.0. The number of aromatic nitrogens is 1. The molecule has 3 N–H and O–H groups in total. The number of thiazole rings is 1. The fraction of sp³-hybridized carbons (Fsp3) is 0.364. The van der Waals surface area contributed by atoms with Crippen LogP contribution in [0.15, 0.2) is 11.0 Å². The molecule has 0 bridgehead atoms. The zero-order chi connectivity index (χ0) is 13.3. The van der Waals surface area contributed by atoms with Crippen LogP contribution in [-0.4, -0.2) is 9.54 Å². The van der Waals surface area contributed by atoms with E-state index in [9.17, 15) is 0 Å². The highest BCUT2D eigenvalue weighted by atomic mass is 33.1. The maximum Gasteiger partial charge on any atom is 0.229 e. The minimum Gasteiger partial charge on any atom is -0.375 e. The molecule has 0 aliphatic heterocycles. The average molecular weight is 288 g/mol. The highest BCUT2D eigenvalue weighted by Crippen LogP contribution is 2.42. The van der Waals surface area contributed by atoms with E-state index in [0.717, 1.165) is 31.8 Å². The highest BCUT2D eigenvalue weighted by Gasteiger charge is 2.17. The molecule has 0 atom stereocenters. The number of anilines is 1. The van der Waals surface area contributed by atoms with Crippen molar-refractivity contribution in [2.24, 2.45) is 0 Å². The van der Waals surface area contributed by atoms with Crippen LogP contribution in [0.1, 0.15) is 30.9 Å². The second kappa shape index (κ2) is 5.06. The van der Waals surface area contributed by atoms with Crippen LogP contribution in [0.5, 0.6) is 0 Å². The van der Waals surface area contributed by atoms with Gasteiger partial charge in [-0.1, -0.05) is 25.2 Å². The number of nitrogens with zero attached hydrogens (tertiary/aromatic N) is 1. The normalized spacial score (nSPS) is 12.4. The molecule has 0 saturated carbocycles. The molecule has 1 heterocycles. The number of aryl methyl sites for hydroxylation is 1. The Morgan fingerprint density at radius 1 is 1.59 bits per heavy atom. The van der Waals surface area contributed by atoms with Crippen molar-refractivity contribution in [2.45, 2.75) is 31.6 Å². The molecule has 2 aromatic rings. The lowest BCUT2D eigenvalue weighted by Gasteiger charge is -2.13. The molecule has 1 aromatic carbocycles. The SMILES string of the molecule is [3H]OSSc1cc(C)c2nc(N)sc2c1C(C)C. The maximum atomic E-state index is 6.76. The third kappa shape index (κ3) is 2.40. The summed E-state index contributed by atoms with van der Waals surface area (Å²) in [5.74, 6) is 0.377. The first-order chi connectivity index (χ1) is 8.54. The van der Waals surface area contributed by atoms with Gasteiger partial charge in [-0.15, -0.1) is 0 Å². The average Bonchev–Trinajstić information content (AvgIpc) is 2.67. The number of fused-ring (bicyclic) bond motifs is 1. The number of rotatable bonds is 4. The molecule has 0 aliphatic rings. The van der Waals surface area contributed by atoms with Gasteiger partial charge >= 0.3 is 0 Å². The molecule has 2 rings (SSSR count). The minimum atomic E-state index is 0.377. The zero-order valence-electron chi connectivity index (χ0n) is 10.8. The predicted octanol–water partition coefficient (Wildman–Crippen LogP) is 4.52. The molecule has 92 valence electrons. The summed E-state index contributed by atoms with van der Waals surface area (Å²) in [6.45, 7) is 6.33. The number of hydrogen-bond donors (Lipinski definition) is 2. The van der Waals surface area contributed by atoms with Crippen molar-refractivity contribution >= 4 is 48.6 Å². The molecule has 0 amide bonds. The fourth-order valence-corrected chi connectivity index (χ4v) is 4.42. The fourth-order valence-electron chi connectivity index (χ4n) is 1.89. The third-order valence-electron chi connectivity index (χ3n) is 2.58. The Morgan fingerprint density at radius 3 is 3.00 bits per heavy atom. The van der Waals surface area contributed by atoms with Crippen LogP contribution in [0.2, 0.25) is 0 Å². The topological polar surface area (TPSA) is 59.1 Å². The lowest BCUT2D eigenvalue weighted by Crippen LogP contribution is -1.93. The van der Waals surface area contributed by atoms with Crippen molar-refractivity contribution in [2.75, 3.05) is 5.73 Å². The van der Waals surface area contributed by atoms with Gasteiger partial charge < -0.3 is 10.3 Å². The summed E-state index contributed by atoms with van der Waals surface area (Å²) in [5, 5.41) is 0.599. The predicted molar refractivity (Wildman–Crippen MR) is 78.9 cm³/mol. The van der Waals surface area contributed by atoms with Gasteiger partial charge in [0.05, 0.1) is 21.3 Å². The molecular formula is C11H14N2OS3. The van der Waals surface area contributed by atoms with Gasteiger partial charge in [-0.05, 0) is 40.8 Å². The second-order valence-electron chi connectivity index (χ2n) is 4.14. The third-order valence-corrected chi connectivity index (χ3v) is 4.82. The summed E-state index contributed by atoms with van der Waals surface area (Å²) in [4.78, 5) is 5.51. The molecular weight excluding hydrogens is 272 g/mol. The summed E-state index contributed by atoms with van der Waals surface area (Å²) in [6, 6.07) is 2.09. The van der Waals surface area contributed by atoms with Crippen LogP contribution < -0.4 is 5.73 Å². The van der Waals surface area contributed by atoms with Crippen molar-refractivity contribution in [1.82, 2.24) is 4.98 Å². The molecule has 0 radical (unpaired) electrons. The van der Waals surface area contributed by atoms with Crippen molar-refractivity contribution in [3.8, 4) is 0 Å². The van der Waals surface area contributed by atoms with Gasteiger partial charge in [-0.3, -0.25) is 0 Å². The number of nitrogen functional groups attached to an aromatic ring is 1. The van der Waals surface area contributed by atoms with E-state index in [1.165, 1.54) is 27.7 Å². The van der Waals surface area contributed by atoms with E-state index < -0.39 is 0 Å². The molecule has 1 aromatic heterocycles. The van der Waals surface area contributed by atoms with Gasteiger partial charge in [0.25, 0.3) is 0 Å². The quantitative estimate of drug-likeness (QED) is 0.639. The molecule has 0 saturated heterocycles. The van der Waals surface area contributed by atoms with Crippen LogP contribution >= 0.6 is 33.2 Å². The minimum absolute atomic E-state index is 0.377. The van der Waals surface area contributed by atoms with Crippen LogP contribution in [0.3, 0.4) is 0 Å². The Balaban J connectivity index is 2.65. The maximum absolute atomic E-state index is 6.76. The lowest BCUT2D eigenvalue weighted by molar-refractivity contribution is 0.676. The van der Waals surface area contributed by atoms with E-state index in [2.05, 4.69) is 29.5 Å². The smallest absolute Gasteiger partial charge is 0.229 e. The summed E-state index contributed by atoms with van der Waals surface area (Å²) in [7, 11) is 1.46. The first-order valence-electron chi connectivity index (χ1n) is 5.61. The molecule has 0 unspecified atom stereocenters. The van der Waals surface area contributed by atoms with Crippen LogP contribution in [0.4, 0.5) is 5.13 Å². The summed E-state index contributed by atoms with van der Waals surface area (Å²) in [5.41, 5.74) is 9.15. The Bertz CT molecular complexity index is 571. The van der Waals surface area contributed by atoms with Gasteiger partial charge in [0.1, 0.15) is 0 Å². The molecule has 17 heavy (non-hydrogen) atoms. The van der Waals surface area contributed by atoms with E-state index >= 15 is 0 Å². The summed E-state index contributed by atoms with van der Waals surface area (Å²) >= 11 is 2.58. The molecule has 6 heteroatoms. The Kier molecular flexibility index (Phi) is 3.46. The number of benzene rings is 1. The zero-order valence-corrected chi connectivity index (χ0v) is 12.3. The highest BCUT2D eigenvalue weighted by molar-refractivity contribution is 8.74. The second-order valence-corrected chi connectivity index (χ2v) is 6.82. The van der Waals surface area contributed by atoms with Gasteiger partial charge in [0.2, 0.25) is 1.43 Å². The van der Waals surface area contributed by atoms with Crippen LogP contribution in [-0.2, 0) is 0 Å². The standard InChI is InChI=1S/C11H14N2OS3/c1-5(2)8-7(16-17-14)4-6(3)9-10(8)15-11(12)13-9/h4-5,14H,1-3H3,(H2,12,13)/i/hT. The largest absolute Gasteiger partial charge is 0.375 e. The van der Waals surface area contributed by atoms with Crippen molar-refractivity contribution in [3.05, 3.63) is 17.2 Å². The number of hydrogen-bond acceptors (Lipinski definition) is 6. The first kappa shape index (κ1) is 11.6. The number of nitrogens with two attached hydrogens (primary N) is 1. The van der Waals surface area contributed by atoms with E-state index in [-0.39, 0.29) is 0 Å². The summed E-state index contributed by atoms with van der Waals surface area (Å²) in [6.07, 6.45) is 0. The van der Waals surface area contributed by atoms with E-state index in [1.54, 1.807) is 0 Å². The van der Waals surface area contributed by atoms with E-state index in [0.29, 0.717) is 11.0 Å². The van der Waals surface area contributed by atoms with Crippen molar-refractivity contribution in [3.63, 3.8) is 0 Å². The molecule has 0 aliphatic carbocycles. The van der Waals surface area contributed by atoms with Gasteiger partial charge in [-0.2, -0.15) is 0 Å². The molecule has 0 spiro atoms. The van der Waals surface area contributed by atoms with Gasteiger partial charge in [0.15, 0.2) is 5.13 Å². The van der Waals surface area contributed by atoms with E-state index in [1.807, 2.05) is 6.92 Å². The van der Waals surface area contributed by atoms with Gasteiger partial charge in [-0.25, -0.2) is 4.98 Å². The van der Waals surface area contributed by atoms with Gasteiger partial charge in [0, 0.05) is 4.90 Å². The van der Waals surface area contributed by atoms with E-state index in [4.69, 9.17) is 7.16 Å². The monoisotopic (exact) mass is 288 g/mol. The Labute approximate surface area is 114 Å². The Hall–Kier alpha value is -0.430. The van der Waals surface area contributed by atoms with Crippen molar-refractivity contribution < 1.29 is 4.56 Å².